The molecule has 112 valence electrons. The van der Waals surface area contributed by atoms with E-state index in [4.69, 9.17) is 0 Å². The largest absolute Gasteiger partial charge is 0.313 e. The Bertz CT molecular complexity index is 608. The van der Waals surface area contributed by atoms with Crippen molar-refractivity contribution in [3.63, 3.8) is 0 Å². The molecule has 0 bridgehead atoms. The molecule has 0 aromatic heterocycles. The summed E-state index contributed by atoms with van der Waals surface area (Å²) in [5.74, 6) is -0.138. The van der Waals surface area contributed by atoms with Crippen LogP contribution in [0.2, 0.25) is 0 Å². The fraction of sp³-hybridized carbons (Fsp3) is 0.368. The molecule has 1 nitrogen and oxygen atoms in total. The van der Waals surface area contributed by atoms with E-state index in [1.54, 1.807) is 6.07 Å². The number of nitrogens with one attached hydrogen (secondary N) is 1. The molecule has 0 heterocycles. The van der Waals surface area contributed by atoms with Crippen molar-refractivity contribution < 1.29 is 4.39 Å². The molecule has 2 aromatic carbocycles. The summed E-state index contributed by atoms with van der Waals surface area (Å²) in [7, 11) is 0. The fourth-order valence-corrected chi connectivity index (χ4v) is 2.89. The van der Waals surface area contributed by atoms with E-state index in [0.717, 1.165) is 41.8 Å². The van der Waals surface area contributed by atoms with Gasteiger partial charge in [0.15, 0.2) is 0 Å². The molecule has 0 saturated heterocycles. The summed E-state index contributed by atoms with van der Waals surface area (Å²) >= 11 is 0. The van der Waals surface area contributed by atoms with Crippen LogP contribution in [-0.4, -0.2) is 6.54 Å². The van der Waals surface area contributed by atoms with Crippen molar-refractivity contribution in [1.82, 2.24) is 5.32 Å². The second-order valence-corrected chi connectivity index (χ2v) is 5.76. The van der Waals surface area contributed by atoms with E-state index in [2.05, 4.69) is 31.3 Å². The zero-order chi connectivity index (χ0) is 15.4. The molecule has 21 heavy (non-hydrogen) atoms. The molecule has 0 spiro atoms. The highest BCUT2D eigenvalue weighted by atomic mass is 19.1. The Kier molecular flexibility index (Phi) is 5.13. The zero-order valence-electron chi connectivity index (χ0n) is 13.4. The maximum absolute atomic E-state index is 14.5. The second kappa shape index (κ2) is 6.86. The van der Waals surface area contributed by atoms with E-state index in [9.17, 15) is 4.39 Å². The van der Waals surface area contributed by atoms with Gasteiger partial charge in [-0.15, -0.1) is 0 Å². The van der Waals surface area contributed by atoms with Crippen LogP contribution in [0.4, 0.5) is 4.39 Å². The summed E-state index contributed by atoms with van der Waals surface area (Å²) in [5, 5.41) is 3.30. The zero-order valence-corrected chi connectivity index (χ0v) is 13.4. The van der Waals surface area contributed by atoms with Gasteiger partial charge in [-0.2, -0.15) is 0 Å². The summed E-state index contributed by atoms with van der Waals surface area (Å²) < 4.78 is 14.5. The van der Waals surface area contributed by atoms with Gasteiger partial charge in [0.1, 0.15) is 5.82 Å². The first-order valence-electron chi connectivity index (χ1n) is 7.60. The normalized spacial score (nSPS) is 10.9. The van der Waals surface area contributed by atoms with E-state index in [0.29, 0.717) is 5.56 Å². The predicted octanol–water partition coefficient (Wildman–Crippen LogP) is 4.92. The molecule has 0 amide bonds. The van der Waals surface area contributed by atoms with Crippen molar-refractivity contribution in [3.05, 3.63) is 58.4 Å². The van der Waals surface area contributed by atoms with Crippen molar-refractivity contribution in [2.24, 2.45) is 0 Å². The van der Waals surface area contributed by atoms with E-state index in [1.165, 1.54) is 5.56 Å². The summed E-state index contributed by atoms with van der Waals surface area (Å²) in [5.41, 5.74) is 6.18. The van der Waals surface area contributed by atoms with Gasteiger partial charge in [-0.3, -0.25) is 0 Å². The van der Waals surface area contributed by atoms with E-state index in [-0.39, 0.29) is 5.82 Å². The molecule has 1 N–H and O–H groups in total. The highest BCUT2D eigenvalue weighted by Gasteiger charge is 2.11. The standard InChI is InChI=1S/C19H24FN/c1-5-8-21-12-16-6-7-17(18(20)11-16)19-14(3)9-13(2)10-15(19)4/h6-7,9-11,21H,5,8,12H2,1-4H3. The van der Waals surface area contributed by atoms with Crippen LogP contribution in [-0.2, 0) is 6.54 Å². The Morgan fingerprint density at radius 2 is 1.67 bits per heavy atom. The van der Waals surface area contributed by atoms with Crippen molar-refractivity contribution in [3.8, 4) is 11.1 Å². The average molecular weight is 285 g/mol. The van der Waals surface area contributed by atoms with Gasteiger partial charge in [0.2, 0.25) is 0 Å². The van der Waals surface area contributed by atoms with Crippen LogP contribution < -0.4 is 5.32 Å². The van der Waals surface area contributed by atoms with Crippen LogP contribution in [0.25, 0.3) is 11.1 Å². The van der Waals surface area contributed by atoms with Crippen LogP contribution >= 0.6 is 0 Å². The average Bonchev–Trinajstić information content (AvgIpc) is 2.40. The van der Waals surface area contributed by atoms with Crippen molar-refractivity contribution in [2.45, 2.75) is 40.7 Å². The van der Waals surface area contributed by atoms with Crippen LogP contribution in [0.5, 0.6) is 0 Å². The summed E-state index contributed by atoms with van der Waals surface area (Å²) in [6.45, 7) is 9.97. The van der Waals surface area contributed by atoms with Crippen LogP contribution in [0, 0.1) is 26.6 Å². The van der Waals surface area contributed by atoms with Crippen molar-refractivity contribution in [2.75, 3.05) is 6.54 Å². The molecule has 0 fully saturated rings. The van der Waals surface area contributed by atoms with Gasteiger partial charge < -0.3 is 5.32 Å². The van der Waals surface area contributed by atoms with Gasteiger partial charge in [-0.25, -0.2) is 4.39 Å². The van der Waals surface area contributed by atoms with Gasteiger partial charge in [0.05, 0.1) is 0 Å². The lowest BCUT2D eigenvalue weighted by atomic mass is 9.93. The molecule has 0 aliphatic carbocycles. The Morgan fingerprint density at radius 3 is 2.24 bits per heavy atom. The van der Waals surface area contributed by atoms with Gasteiger partial charge in [-0.05, 0) is 62.1 Å². The first kappa shape index (κ1) is 15.7. The number of hydrogen-bond acceptors (Lipinski definition) is 1. The molecule has 0 saturated carbocycles. The molecular weight excluding hydrogens is 261 g/mol. The van der Waals surface area contributed by atoms with E-state index in [1.807, 2.05) is 26.0 Å². The Hall–Kier alpha value is -1.67. The highest BCUT2D eigenvalue weighted by molar-refractivity contribution is 5.72. The monoisotopic (exact) mass is 285 g/mol. The molecule has 0 radical (unpaired) electrons. The minimum absolute atomic E-state index is 0.138. The first-order chi connectivity index (χ1) is 10.0. The lowest BCUT2D eigenvalue weighted by Crippen LogP contribution is -2.13. The number of rotatable bonds is 5. The maximum atomic E-state index is 14.5. The number of hydrogen-bond donors (Lipinski definition) is 1. The molecular formula is C19H24FN. The number of halogens is 1. The van der Waals surface area contributed by atoms with Crippen LogP contribution in [0.15, 0.2) is 30.3 Å². The molecule has 2 aromatic rings. The van der Waals surface area contributed by atoms with E-state index >= 15 is 0 Å². The summed E-state index contributed by atoms with van der Waals surface area (Å²) in [4.78, 5) is 0. The van der Waals surface area contributed by atoms with Gasteiger partial charge in [0, 0.05) is 12.1 Å². The Labute approximate surface area is 127 Å². The lowest BCUT2D eigenvalue weighted by Gasteiger charge is -2.13. The summed E-state index contributed by atoms with van der Waals surface area (Å²) in [6.07, 6.45) is 1.09. The van der Waals surface area contributed by atoms with Crippen molar-refractivity contribution >= 4 is 0 Å². The van der Waals surface area contributed by atoms with Gasteiger partial charge in [0.25, 0.3) is 0 Å². The minimum Gasteiger partial charge on any atom is -0.313 e. The SMILES string of the molecule is CCCNCc1ccc(-c2c(C)cc(C)cc2C)c(F)c1. The topological polar surface area (TPSA) is 12.0 Å². The van der Waals surface area contributed by atoms with Gasteiger partial charge >= 0.3 is 0 Å². The maximum Gasteiger partial charge on any atom is 0.131 e. The fourth-order valence-electron chi connectivity index (χ4n) is 2.89. The third-order valence-corrected chi connectivity index (χ3v) is 3.74. The molecule has 0 atom stereocenters. The molecule has 0 aliphatic rings. The highest BCUT2D eigenvalue weighted by Crippen LogP contribution is 2.30. The Morgan fingerprint density at radius 1 is 1.00 bits per heavy atom. The molecule has 0 aliphatic heterocycles. The summed E-state index contributed by atoms with van der Waals surface area (Å²) in [6, 6.07) is 9.79. The third-order valence-electron chi connectivity index (χ3n) is 3.74. The molecule has 2 rings (SSSR count). The molecule has 0 unspecified atom stereocenters. The van der Waals surface area contributed by atoms with E-state index < -0.39 is 0 Å². The van der Waals surface area contributed by atoms with Crippen LogP contribution in [0.3, 0.4) is 0 Å². The molecule has 2 heteroatoms. The minimum atomic E-state index is -0.138. The third kappa shape index (κ3) is 3.70. The Balaban J connectivity index is 2.33. The van der Waals surface area contributed by atoms with Gasteiger partial charge in [-0.1, -0.05) is 36.8 Å². The predicted molar refractivity (Wildman–Crippen MR) is 88.0 cm³/mol. The second-order valence-electron chi connectivity index (χ2n) is 5.76. The quantitative estimate of drug-likeness (QED) is 0.769. The smallest absolute Gasteiger partial charge is 0.131 e. The van der Waals surface area contributed by atoms with Crippen LogP contribution in [0.1, 0.15) is 35.6 Å². The van der Waals surface area contributed by atoms with Crippen molar-refractivity contribution in [1.29, 1.82) is 0 Å². The number of aryl methyl sites for hydroxylation is 3. The first-order valence-corrected chi connectivity index (χ1v) is 7.60. The number of benzene rings is 2. The lowest BCUT2D eigenvalue weighted by molar-refractivity contribution is 0.622.